The molecule has 0 aliphatic heterocycles. The predicted molar refractivity (Wildman–Crippen MR) is 90.0 cm³/mol. The maximum atomic E-state index is 4.51. The highest BCUT2D eigenvalue weighted by molar-refractivity contribution is 5.62. The van der Waals surface area contributed by atoms with Crippen LogP contribution in [-0.4, -0.2) is 21.1 Å². The fraction of sp³-hybridized carbons (Fsp3) is 0.176. The lowest BCUT2D eigenvalue weighted by molar-refractivity contribution is 1.07. The van der Waals surface area contributed by atoms with Gasteiger partial charge in [-0.05, 0) is 44.2 Å². The van der Waals surface area contributed by atoms with Crippen LogP contribution in [0.4, 0.5) is 17.5 Å². The molecule has 0 amide bonds. The van der Waals surface area contributed by atoms with Gasteiger partial charge >= 0.3 is 0 Å². The average Bonchev–Trinajstić information content (AvgIpc) is 3.06. The lowest BCUT2D eigenvalue weighted by Crippen LogP contribution is -2.05. The third kappa shape index (κ3) is 3.09. The summed E-state index contributed by atoms with van der Waals surface area (Å²) in [5.74, 6) is 1.45. The molecule has 2 aromatic heterocycles. The van der Waals surface area contributed by atoms with E-state index in [1.807, 2.05) is 56.7 Å². The van der Waals surface area contributed by atoms with E-state index in [-0.39, 0.29) is 0 Å². The molecule has 0 saturated heterocycles. The number of hydrogen-bond donors (Lipinski definition) is 2. The molecule has 2 heterocycles. The summed E-state index contributed by atoms with van der Waals surface area (Å²) in [6, 6.07) is 12.2. The third-order valence-electron chi connectivity index (χ3n) is 3.32. The van der Waals surface area contributed by atoms with Gasteiger partial charge in [-0.2, -0.15) is 4.98 Å². The van der Waals surface area contributed by atoms with Gasteiger partial charge in [0, 0.05) is 42.1 Å². The van der Waals surface area contributed by atoms with Gasteiger partial charge in [0.05, 0.1) is 0 Å². The van der Waals surface area contributed by atoms with E-state index in [1.165, 1.54) is 0 Å². The Morgan fingerprint density at radius 1 is 1.14 bits per heavy atom. The third-order valence-corrected chi connectivity index (χ3v) is 3.32. The van der Waals surface area contributed by atoms with Gasteiger partial charge in [0.25, 0.3) is 0 Å². The van der Waals surface area contributed by atoms with Gasteiger partial charge in [-0.3, -0.25) is 0 Å². The average molecular weight is 293 g/mol. The molecule has 0 aliphatic carbocycles. The molecule has 0 bridgehead atoms. The summed E-state index contributed by atoms with van der Waals surface area (Å²) in [4.78, 5) is 8.77. The van der Waals surface area contributed by atoms with Gasteiger partial charge in [0.2, 0.25) is 5.95 Å². The van der Waals surface area contributed by atoms with Gasteiger partial charge in [-0.1, -0.05) is 6.07 Å². The van der Waals surface area contributed by atoms with Crippen LogP contribution in [0.1, 0.15) is 12.5 Å². The Hall–Kier alpha value is -2.82. The van der Waals surface area contributed by atoms with Crippen molar-refractivity contribution in [2.24, 2.45) is 0 Å². The van der Waals surface area contributed by atoms with Crippen LogP contribution in [0.25, 0.3) is 5.69 Å². The van der Waals surface area contributed by atoms with Crippen molar-refractivity contribution in [1.29, 1.82) is 0 Å². The van der Waals surface area contributed by atoms with Crippen LogP contribution in [0.2, 0.25) is 0 Å². The Morgan fingerprint density at radius 2 is 1.95 bits per heavy atom. The molecule has 0 unspecified atom stereocenters. The maximum Gasteiger partial charge on any atom is 0.224 e. The highest BCUT2D eigenvalue weighted by Gasteiger charge is 2.05. The molecule has 112 valence electrons. The van der Waals surface area contributed by atoms with Crippen LogP contribution in [0, 0.1) is 6.92 Å². The molecule has 0 spiro atoms. The molecule has 5 heteroatoms. The topological polar surface area (TPSA) is 54.8 Å². The quantitative estimate of drug-likeness (QED) is 0.752. The Morgan fingerprint density at radius 3 is 2.73 bits per heavy atom. The van der Waals surface area contributed by atoms with Crippen molar-refractivity contribution in [2.45, 2.75) is 13.8 Å². The molecule has 5 nitrogen and oxygen atoms in total. The Balaban J connectivity index is 1.87. The summed E-state index contributed by atoms with van der Waals surface area (Å²) >= 11 is 0. The Labute approximate surface area is 130 Å². The van der Waals surface area contributed by atoms with E-state index >= 15 is 0 Å². The molecule has 1 aromatic carbocycles. The van der Waals surface area contributed by atoms with E-state index < -0.39 is 0 Å². The predicted octanol–water partition coefficient (Wildman–Crippen LogP) is 3.75. The second kappa shape index (κ2) is 6.30. The zero-order valence-electron chi connectivity index (χ0n) is 12.7. The first kappa shape index (κ1) is 14.1. The number of benzene rings is 1. The van der Waals surface area contributed by atoms with E-state index in [0.717, 1.165) is 29.3 Å². The lowest BCUT2D eigenvalue weighted by Gasteiger charge is -2.11. The number of rotatable bonds is 5. The molecule has 0 atom stereocenters. The van der Waals surface area contributed by atoms with E-state index in [9.17, 15) is 0 Å². The molecular weight excluding hydrogens is 274 g/mol. The molecular formula is C17H19N5. The van der Waals surface area contributed by atoms with Crippen molar-refractivity contribution in [3.05, 3.63) is 60.6 Å². The summed E-state index contributed by atoms with van der Waals surface area (Å²) in [6.07, 6.45) is 5.87. The van der Waals surface area contributed by atoms with Gasteiger partial charge in [0.15, 0.2) is 0 Å². The first-order chi connectivity index (χ1) is 10.8. The summed E-state index contributed by atoms with van der Waals surface area (Å²) in [5, 5.41) is 6.50. The van der Waals surface area contributed by atoms with Crippen molar-refractivity contribution in [1.82, 2.24) is 14.5 Å². The number of anilines is 3. The van der Waals surface area contributed by atoms with Gasteiger partial charge in [-0.25, -0.2) is 4.98 Å². The van der Waals surface area contributed by atoms with Gasteiger partial charge < -0.3 is 15.2 Å². The number of nitrogens with zero attached hydrogens (tertiary/aromatic N) is 3. The van der Waals surface area contributed by atoms with Crippen LogP contribution in [0.3, 0.4) is 0 Å². The highest BCUT2D eigenvalue weighted by atomic mass is 15.1. The zero-order chi connectivity index (χ0) is 15.4. The second-order valence-electron chi connectivity index (χ2n) is 5.02. The van der Waals surface area contributed by atoms with Crippen LogP contribution >= 0.6 is 0 Å². The molecule has 0 fully saturated rings. The normalized spacial score (nSPS) is 10.5. The smallest absolute Gasteiger partial charge is 0.224 e. The molecule has 3 aromatic rings. The molecule has 0 saturated carbocycles. The van der Waals surface area contributed by atoms with Crippen molar-refractivity contribution in [3.8, 4) is 5.69 Å². The van der Waals surface area contributed by atoms with Crippen LogP contribution in [-0.2, 0) is 0 Å². The fourth-order valence-electron chi connectivity index (χ4n) is 2.20. The van der Waals surface area contributed by atoms with Crippen molar-refractivity contribution in [2.75, 3.05) is 17.2 Å². The summed E-state index contributed by atoms with van der Waals surface area (Å²) in [7, 11) is 0. The Bertz CT molecular complexity index is 750. The molecule has 3 rings (SSSR count). The first-order valence-corrected chi connectivity index (χ1v) is 7.34. The second-order valence-corrected chi connectivity index (χ2v) is 5.02. The standard InChI is InChI=1S/C17H19N5/c1-3-18-17-19-12-13(2)16(21-17)20-14-7-6-8-15(11-14)22-9-4-5-10-22/h4-12H,3H2,1-2H3,(H2,18,19,20,21). The number of hydrogen-bond acceptors (Lipinski definition) is 4. The van der Waals surface area contributed by atoms with Crippen LogP contribution < -0.4 is 10.6 Å². The van der Waals surface area contributed by atoms with Gasteiger partial charge in [-0.15, -0.1) is 0 Å². The van der Waals surface area contributed by atoms with Crippen molar-refractivity contribution >= 4 is 17.5 Å². The first-order valence-electron chi connectivity index (χ1n) is 7.34. The minimum absolute atomic E-state index is 0.636. The number of aromatic nitrogens is 3. The summed E-state index contributed by atoms with van der Waals surface area (Å²) in [5.41, 5.74) is 3.11. The van der Waals surface area contributed by atoms with Crippen molar-refractivity contribution in [3.63, 3.8) is 0 Å². The van der Waals surface area contributed by atoms with Crippen LogP contribution in [0.5, 0.6) is 0 Å². The highest BCUT2D eigenvalue weighted by Crippen LogP contribution is 2.21. The van der Waals surface area contributed by atoms with Gasteiger partial charge in [0.1, 0.15) is 5.82 Å². The minimum Gasteiger partial charge on any atom is -0.354 e. The van der Waals surface area contributed by atoms with E-state index in [2.05, 4.69) is 37.3 Å². The SMILES string of the molecule is CCNc1ncc(C)c(Nc2cccc(-n3cccc3)c2)n1. The zero-order valence-corrected chi connectivity index (χ0v) is 12.7. The molecule has 22 heavy (non-hydrogen) atoms. The molecule has 0 radical (unpaired) electrons. The van der Waals surface area contributed by atoms with E-state index in [0.29, 0.717) is 5.95 Å². The minimum atomic E-state index is 0.636. The largest absolute Gasteiger partial charge is 0.354 e. The lowest BCUT2D eigenvalue weighted by atomic mass is 10.2. The number of aryl methyl sites for hydroxylation is 1. The summed E-state index contributed by atoms with van der Waals surface area (Å²) < 4.78 is 2.07. The summed E-state index contributed by atoms with van der Waals surface area (Å²) in [6.45, 7) is 4.82. The van der Waals surface area contributed by atoms with E-state index in [1.54, 1.807) is 0 Å². The van der Waals surface area contributed by atoms with Crippen LogP contribution in [0.15, 0.2) is 55.0 Å². The monoisotopic (exact) mass is 293 g/mol. The molecule has 0 aliphatic rings. The Kier molecular flexibility index (Phi) is 4.05. The maximum absolute atomic E-state index is 4.51. The van der Waals surface area contributed by atoms with E-state index in [4.69, 9.17) is 0 Å². The fourth-order valence-corrected chi connectivity index (χ4v) is 2.20. The van der Waals surface area contributed by atoms with Crippen molar-refractivity contribution < 1.29 is 0 Å². The molecule has 2 N–H and O–H groups in total. The number of nitrogens with one attached hydrogen (secondary N) is 2.